The topological polar surface area (TPSA) is 78.7 Å². The first-order chi connectivity index (χ1) is 17.5. The number of para-hydroxylation sites is 1. The van der Waals surface area contributed by atoms with Crippen LogP contribution in [0.1, 0.15) is 35.2 Å². The molecule has 7 heteroatoms. The monoisotopic (exact) mass is 488 g/mol. The van der Waals surface area contributed by atoms with Gasteiger partial charge in [-0.25, -0.2) is 9.18 Å². The lowest BCUT2D eigenvalue weighted by molar-refractivity contribution is 0.100. The molecule has 36 heavy (non-hydrogen) atoms. The van der Waals surface area contributed by atoms with Crippen LogP contribution in [0, 0.1) is 11.7 Å². The second kappa shape index (κ2) is 12.3. The number of nitrogens with two attached hydrogens (primary N) is 1. The van der Waals surface area contributed by atoms with E-state index in [-0.39, 0.29) is 11.8 Å². The summed E-state index contributed by atoms with van der Waals surface area (Å²) in [6, 6.07) is 22.8. The third-order valence-corrected chi connectivity index (χ3v) is 6.73. The number of carbonyl (C=O) groups excluding carboxylic acids is 2. The van der Waals surface area contributed by atoms with Gasteiger partial charge in [0.25, 0.3) is 0 Å². The number of hydrogen-bond acceptors (Lipinski definition) is 3. The van der Waals surface area contributed by atoms with Crippen LogP contribution in [0.25, 0.3) is 0 Å². The van der Waals surface area contributed by atoms with Gasteiger partial charge in [-0.1, -0.05) is 30.3 Å². The Balaban J connectivity index is 1.28. The first-order valence-corrected chi connectivity index (χ1v) is 12.5. The maximum atomic E-state index is 13.1. The lowest BCUT2D eigenvalue weighted by Gasteiger charge is -2.32. The minimum Gasteiger partial charge on any atom is -0.366 e. The Hall–Kier alpha value is -3.71. The van der Waals surface area contributed by atoms with Gasteiger partial charge >= 0.3 is 6.03 Å². The van der Waals surface area contributed by atoms with Gasteiger partial charge in [0.1, 0.15) is 5.82 Å². The third-order valence-electron chi connectivity index (χ3n) is 6.73. The molecular weight excluding hydrogens is 455 g/mol. The number of primary amides is 1. The molecule has 1 aliphatic rings. The Labute approximate surface area is 211 Å². The highest BCUT2D eigenvalue weighted by Crippen LogP contribution is 2.23. The first-order valence-electron chi connectivity index (χ1n) is 12.5. The van der Waals surface area contributed by atoms with Gasteiger partial charge in [0, 0.05) is 23.5 Å². The highest BCUT2D eigenvalue weighted by atomic mass is 19.1. The molecule has 1 saturated heterocycles. The van der Waals surface area contributed by atoms with E-state index in [0.29, 0.717) is 23.7 Å². The summed E-state index contributed by atoms with van der Waals surface area (Å²) in [5.41, 5.74) is 8.34. The number of nitrogens with zero attached hydrogens (tertiary/aromatic N) is 2. The number of nitrogens with one attached hydrogen (secondary N) is 1. The second-order valence-corrected chi connectivity index (χ2v) is 9.33. The fourth-order valence-corrected chi connectivity index (χ4v) is 4.69. The Kier molecular flexibility index (Phi) is 8.68. The van der Waals surface area contributed by atoms with Crippen LogP contribution in [0.2, 0.25) is 0 Å². The van der Waals surface area contributed by atoms with Crippen molar-refractivity contribution in [3.8, 4) is 0 Å². The van der Waals surface area contributed by atoms with E-state index in [9.17, 15) is 14.0 Å². The predicted octanol–water partition coefficient (Wildman–Crippen LogP) is 5.31. The van der Waals surface area contributed by atoms with Gasteiger partial charge in [0.15, 0.2) is 0 Å². The lowest BCUT2D eigenvalue weighted by Crippen LogP contribution is -2.39. The molecule has 3 N–H and O–H groups in total. The van der Waals surface area contributed by atoms with Crippen molar-refractivity contribution in [2.45, 2.75) is 25.7 Å². The smallest absolute Gasteiger partial charge is 0.326 e. The Morgan fingerprint density at radius 3 is 2.25 bits per heavy atom. The predicted molar refractivity (Wildman–Crippen MR) is 142 cm³/mol. The zero-order valence-corrected chi connectivity index (χ0v) is 20.4. The van der Waals surface area contributed by atoms with Gasteiger partial charge in [-0.05, 0) is 105 Å². The van der Waals surface area contributed by atoms with Gasteiger partial charge in [-0.15, -0.1) is 0 Å². The molecule has 0 aliphatic carbocycles. The summed E-state index contributed by atoms with van der Waals surface area (Å²) >= 11 is 0. The van der Waals surface area contributed by atoms with E-state index in [0.717, 1.165) is 51.0 Å². The van der Waals surface area contributed by atoms with Crippen molar-refractivity contribution in [1.82, 2.24) is 4.90 Å². The zero-order chi connectivity index (χ0) is 25.3. The molecule has 0 spiro atoms. The van der Waals surface area contributed by atoms with Crippen LogP contribution < -0.4 is 16.0 Å². The minimum absolute atomic E-state index is 0.187. The molecule has 3 aromatic rings. The largest absolute Gasteiger partial charge is 0.366 e. The zero-order valence-electron chi connectivity index (χ0n) is 20.4. The Bertz CT molecular complexity index is 1130. The Morgan fingerprint density at radius 2 is 1.61 bits per heavy atom. The molecule has 188 valence electrons. The quantitative estimate of drug-likeness (QED) is 0.429. The molecule has 0 unspecified atom stereocenters. The third kappa shape index (κ3) is 7.15. The molecule has 1 fully saturated rings. The van der Waals surface area contributed by atoms with Crippen molar-refractivity contribution in [2.24, 2.45) is 11.7 Å². The average molecular weight is 489 g/mol. The molecule has 4 rings (SSSR count). The summed E-state index contributed by atoms with van der Waals surface area (Å²) < 4.78 is 13.1. The highest BCUT2D eigenvalue weighted by Gasteiger charge is 2.21. The number of piperidine rings is 1. The molecule has 0 aromatic heterocycles. The molecule has 0 radical (unpaired) electrons. The van der Waals surface area contributed by atoms with Crippen LogP contribution in [-0.4, -0.2) is 43.0 Å². The minimum atomic E-state index is -0.502. The van der Waals surface area contributed by atoms with Crippen LogP contribution >= 0.6 is 0 Å². The fraction of sp³-hybridized carbons (Fsp3) is 0.310. The van der Waals surface area contributed by atoms with Crippen molar-refractivity contribution in [3.63, 3.8) is 0 Å². The van der Waals surface area contributed by atoms with Crippen LogP contribution in [0.15, 0.2) is 78.9 Å². The number of anilines is 2. The average Bonchev–Trinajstić information content (AvgIpc) is 2.89. The van der Waals surface area contributed by atoms with Crippen LogP contribution in [-0.2, 0) is 6.42 Å². The van der Waals surface area contributed by atoms with Gasteiger partial charge in [0.2, 0.25) is 5.91 Å². The van der Waals surface area contributed by atoms with Crippen molar-refractivity contribution >= 4 is 23.3 Å². The van der Waals surface area contributed by atoms with E-state index in [1.165, 1.54) is 17.7 Å². The standard InChI is InChI=1S/C29H33FN4O2/c30-25-11-7-22(8-12-25)21-23-15-19-33(20-16-23)17-4-18-34(27-5-2-1-3-6-27)29(36)32-26-13-9-24(10-14-26)28(31)35/h1-3,5-14,23H,4,15-21H2,(H2,31,35)(H,32,36). The van der Waals surface area contributed by atoms with Crippen LogP contribution in [0.4, 0.5) is 20.6 Å². The molecule has 0 saturated carbocycles. The normalized spacial score (nSPS) is 14.4. The SMILES string of the molecule is NC(=O)c1ccc(NC(=O)N(CCCN2CCC(Cc3ccc(F)cc3)CC2)c2ccccc2)cc1. The van der Waals surface area contributed by atoms with Crippen LogP contribution in [0.3, 0.4) is 0 Å². The number of hydrogen-bond donors (Lipinski definition) is 2. The summed E-state index contributed by atoms with van der Waals surface area (Å²) in [4.78, 5) is 28.7. The van der Waals surface area contributed by atoms with Gasteiger partial charge in [-0.3, -0.25) is 9.69 Å². The summed E-state index contributed by atoms with van der Waals surface area (Å²) in [5.74, 6) is -0.0645. The van der Waals surface area contributed by atoms with Crippen molar-refractivity contribution in [3.05, 3.63) is 95.8 Å². The number of rotatable bonds is 9. The van der Waals surface area contributed by atoms with Crippen molar-refractivity contribution in [1.29, 1.82) is 0 Å². The van der Waals surface area contributed by atoms with Crippen LogP contribution in [0.5, 0.6) is 0 Å². The van der Waals surface area contributed by atoms with E-state index in [2.05, 4.69) is 10.2 Å². The number of carbonyl (C=O) groups is 2. The fourth-order valence-electron chi connectivity index (χ4n) is 4.69. The van der Waals surface area contributed by atoms with E-state index in [1.54, 1.807) is 29.2 Å². The summed E-state index contributed by atoms with van der Waals surface area (Å²) in [6.45, 7) is 3.59. The molecule has 3 amide bonds. The van der Waals surface area contributed by atoms with E-state index in [4.69, 9.17) is 5.73 Å². The maximum absolute atomic E-state index is 13.1. The molecule has 1 heterocycles. The van der Waals surface area contributed by atoms with Gasteiger partial charge in [0.05, 0.1) is 0 Å². The molecule has 0 bridgehead atoms. The maximum Gasteiger partial charge on any atom is 0.326 e. The molecule has 6 nitrogen and oxygen atoms in total. The van der Waals surface area contributed by atoms with E-state index >= 15 is 0 Å². The Morgan fingerprint density at radius 1 is 0.944 bits per heavy atom. The summed E-state index contributed by atoms with van der Waals surface area (Å²) in [7, 11) is 0. The molecule has 1 aliphatic heterocycles. The van der Waals surface area contributed by atoms with Crippen molar-refractivity contribution < 1.29 is 14.0 Å². The van der Waals surface area contributed by atoms with E-state index < -0.39 is 5.91 Å². The van der Waals surface area contributed by atoms with Gasteiger partial charge < -0.3 is 16.0 Å². The van der Waals surface area contributed by atoms with E-state index in [1.807, 2.05) is 42.5 Å². The molecule has 3 aromatic carbocycles. The number of urea groups is 1. The number of amides is 3. The first kappa shape index (κ1) is 25.4. The summed E-state index contributed by atoms with van der Waals surface area (Å²) in [5, 5.41) is 2.93. The molecular formula is C29H33FN4O2. The highest BCUT2D eigenvalue weighted by molar-refractivity contribution is 6.02. The lowest BCUT2D eigenvalue weighted by atomic mass is 9.90. The summed E-state index contributed by atoms with van der Waals surface area (Å²) in [6.07, 6.45) is 4.10. The van der Waals surface area contributed by atoms with Gasteiger partial charge in [-0.2, -0.15) is 0 Å². The van der Waals surface area contributed by atoms with Crippen molar-refractivity contribution in [2.75, 3.05) is 36.4 Å². The second-order valence-electron chi connectivity index (χ2n) is 9.33. The molecule has 0 atom stereocenters. The number of likely N-dealkylation sites (tertiary alicyclic amines) is 1. The number of halogens is 1. The number of benzene rings is 3.